The van der Waals surface area contributed by atoms with Crippen LogP contribution in [-0.2, 0) is 12.6 Å². The smallest absolute Gasteiger partial charge is 0.416 e. The van der Waals surface area contributed by atoms with Gasteiger partial charge in [-0.15, -0.1) is 0 Å². The number of rotatable bonds is 4. The molecule has 1 unspecified atom stereocenters. The van der Waals surface area contributed by atoms with Crippen molar-refractivity contribution in [2.75, 3.05) is 12.9 Å². The third-order valence-electron chi connectivity index (χ3n) is 2.49. The molecule has 0 spiro atoms. The van der Waals surface area contributed by atoms with Gasteiger partial charge in [0.25, 0.3) is 0 Å². The van der Waals surface area contributed by atoms with E-state index in [-0.39, 0.29) is 5.92 Å². The second kappa shape index (κ2) is 5.67. The minimum atomic E-state index is -4.31. The molecule has 1 aromatic carbocycles. The lowest BCUT2D eigenvalue weighted by Gasteiger charge is -2.15. The largest absolute Gasteiger partial charge is 0.496 e. The number of hydrogen-bond donors (Lipinski definition) is 1. The van der Waals surface area contributed by atoms with Crippen LogP contribution < -0.4 is 4.74 Å². The molecule has 17 heavy (non-hydrogen) atoms. The second-order valence-corrected chi connectivity index (χ2v) is 4.38. The predicted octanol–water partition coefficient (Wildman–Crippen LogP) is 3.82. The topological polar surface area (TPSA) is 9.23 Å². The summed E-state index contributed by atoms with van der Waals surface area (Å²) in [5.41, 5.74) is -0.0662. The van der Waals surface area contributed by atoms with Gasteiger partial charge in [-0.25, -0.2) is 0 Å². The number of benzene rings is 1. The summed E-state index contributed by atoms with van der Waals surface area (Å²) in [4.78, 5) is 0. The van der Waals surface area contributed by atoms with Crippen molar-refractivity contribution >= 4 is 12.6 Å². The lowest BCUT2D eigenvalue weighted by molar-refractivity contribution is -0.137. The van der Waals surface area contributed by atoms with Crippen molar-refractivity contribution in [1.82, 2.24) is 0 Å². The summed E-state index contributed by atoms with van der Waals surface area (Å²) in [7, 11) is 1.46. The molecule has 0 aliphatic heterocycles. The maximum atomic E-state index is 12.6. The van der Waals surface area contributed by atoms with Gasteiger partial charge >= 0.3 is 6.18 Å². The van der Waals surface area contributed by atoms with Crippen molar-refractivity contribution in [3.05, 3.63) is 29.3 Å². The van der Waals surface area contributed by atoms with E-state index in [9.17, 15) is 13.2 Å². The van der Waals surface area contributed by atoms with Crippen LogP contribution in [0.25, 0.3) is 0 Å². The van der Waals surface area contributed by atoms with E-state index < -0.39 is 11.7 Å². The highest BCUT2D eigenvalue weighted by molar-refractivity contribution is 7.80. The Balaban J connectivity index is 3.07. The van der Waals surface area contributed by atoms with Gasteiger partial charge < -0.3 is 4.74 Å². The van der Waals surface area contributed by atoms with Crippen molar-refractivity contribution < 1.29 is 17.9 Å². The standard InChI is InChI=1S/C12H15F3OS/c1-8(7-17)5-9-6-10(12(13,14)15)3-4-11(9)16-2/h3-4,6,8,17H,5,7H2,1-2H3. The number of halogens is 3. The lowest BCUT2D eigenvalue weighted by atomic mass is 9.99. The molecule has 0 saturated carbocycles. The molecule has 1 aromatic rings. The predicted molar refractivity (Wildman–Crippen MR) is 64.7 cm³/mol. The molecular formula is C12H15F3OS. The van der Waals surface area contributed by atoms with Gasteiger partial charge in [-0.1, -0.05) is 6.92 Å². The van der Waals surface area contributed by atoms with E-state index in [0.717, 1.165) is 12.1 Å². The summed E-state index contributed by atoms with van der Waals surface area (Å²) in [6, 6.07) is 3.55. The molecule has 0 bridgehead atoms. The molecule has 0 heterocycles. The number of ether oxygens (including phenoxy) is 1. The van der Waals surface area contributed by atoms with Gasteiger partial charge in [0.05, 0.1) is 12.7 Å². The fourth-order valence-electron chi connectivity index (χ4n) is 1.55. The number of thiol groups is 1. The van der Waals surface area contributed by atoms with Gasteiger partial charge in [0.2, 0.25) is 0 Å². The molecule has 0 radical (unpaired) electrons. The average molecular weight is 264 g/mol. The molecule has 1 nitrogen and oxygen atoms in total. The van der Waals surface area contributed by atoms with Gasteiger partial charge in [0, 0.05) is 0 Å². The molecule has 5 heteroatoms. The van der Waals surface area contributed by atoms with E-state index in [0.29, 0.717) is 23.5 Å². The maximum Gasteiger partial charge on any atom is 0.416 e. The Hall–Kier alpha value is -0.840. The van der Waals surface area contributed by atoms with Crippen LogP contribution in [-0.4, -0.2) is 12.9 Å². The Kier molecular flexibility index (Phi) is 4.74. The van der Waals surface area contributed by atoms with Crippen LogP contribution in [0.5, 0.6) is 5.75 Å². The summed E-state index contributed by atoms with van der Waals surface area (Å²) in [6.07, 6.45) is -3.79. The third kappa shape index (κ3) is 3.84. The number of hydrogen-bond acceptors (Lipinski definition) is 2. The molecule has 96 valence electrons. The normalized spacial score (nSPS) is 13.5. The van der Waals surface area contributed by atoms with Crippen LogP contribution in [0.4, 0.5) is 13.2 Å². The van der Waals surface area contributed by atoms with E-state index in [1.54, 1.807) is 0 Å². The first-order valence-corrected chi connectivity index (χ1v) is 5.86. The van der Waals surface area contributed by atoms with Crippen LogP contribution in [0.3, 0.4) is 0 Å². The molecule has 1 rings (SSSR count). The SMILES string of the molecule is COc1ccc(C(F)(F)F)cc1CC(C)CS. The maximum absolute atomic E-state index is 12.6. The van der Waals surface area contributed by atoms with Crippen LogP contribution in [0.1, 0.15) is 18.1 Å². The first-order chi connectivity index (χ1) is 7.88. The average Bonchev–Trinajstić information content (AvgIpc) is 2.27. The molecule has 0 N–H and O–H groups in total. The van der Waals surface area contributed by atoms with Gasteiger partial charge in [-0.3, -0.25) is 0 Å². The second-order valence-electron chi connectivity index (χ2n) is 4.02. The minimum absolute atomic E-state index is 0.204. The molecule has 1 atom stereocenters. The van der Waals surface area contributed by atoms with E-state index >= 15 is 0 Å². The van der Waals surface area contributed by atoms with Crippen LogP contribution in [0, 0.1) is 5.92 Å². The fourth-order valence-corrected chi connectivity index (χ4v) is 1.68. The minimum Gasteiger partial charge on any atom is -0.496 e. The fraction of sp³-hybridized carbons (Fsp3) is 0.500. The quantitative estimate of drug-likeness (QED) is 0.813. The van der Waals surface area contributed by atoms with E-state index in [1.807, 2.05) is 6.92 Å². The van der Waals surface area contributed by atoms with Crippen molar-refractivity contribution in [2.24, 2.45) is 5.92 Å². The van der Waals surface area contributed by atoms with Crippen molar-refractivity contribution in [1.29, 1.82) is 0 Å². The molecule has 0 amide bonds. The van der Waals surface area contributed by atoms with E-state index in [4.69, 9.17) is 4.74 Å². The van der Waals surface area contributed by atoms with Crippen molar-refractivity contribution in [3.63, 3.8) is 0 Å². The van der Waals surface area contributed by atoms with Gasteiger partial charge in [-0.05, 0) is 41.9 Å². The number of methoxy groups -OCH3 is 1. The molecule has 0 aromatic heterocycles. The molecule has 0 saturated heterocycles. The first kappa shape index (κ1) is 14.2. The highest BCUT2D eigenvalue weighted by Crippen LogP contribution is 2.33. The summed E-state index contributed by atoms with van der Waals surface area (Å²) < 4.78 is 42.8. The molecule has 0 aliphatic rings. The molecule has 0 aliphatic carbocycles. The Bertz CT molecular complexity index is 377. The van der Waals surface area contributed by atoms with Gasteiger partial charge in [-0.2, -0.15) is 25.8 Å². The van der Waals surface area contributed by atoms with Crippen LogP contribution in [0.2, 0.25) is 0 Å². The molecule has 0 fully saturated rings. The number of alkyl halides is 3. The van der Waals surface area contributed by atoms with Gasteiger partial charge in [0.1, 0.15) is 5.75 Å². The van der Waals surface area contributed by atoms with Crippen molar-refractivity contribution in [2.45, 2.75) is 19.5 Å². The first-order valence-electron chi connectivity index (χ1n) is 5.23. The summed E-state index contributed by atoms with van der Waals surface area (Å²) in [6.45, 7) is 1.94. The Morgan fingerprint density at radius 1 is 1.35 bits per heavy atom. The van der Waals surface area contributed by atoms with Gasteiger partial charge in [0.15, 0.2) is 0 Å². The Labute approximate surface area is 104 Å². The zero-order valence-corrected chi connectivity index (χ0v) is 10.6. The Morgan fingerprint density at radius 3 is 2.47 bits per heavy atom. The molecular weight excluding hydrogens is 249 g/mol. The lowest BCUT2D eigenvalue weighted by Crippen LogP contribution is -2.08. The van der Waals surface area contributed by atoms with E-state index in [1.165, 1.54) is 13.2 Å². The zero-order valence-electron chi connectivity index (χ0n) is 9.71. The highest BCUT2D eigenvalue weighted by atomic mass is 32.1. The van der Waals surface area contributed by atoms with Crippen LogP contribution in [0.15, 0.2) is 18.2 Å². The van der Waals surface area contributed by atoms with Crippen LogP contribution >= 0.6 is 12.6 Å². The van der Waals surface area contributed by atoms with E-state index in [2.05, 4.69) is 12.6 Å². The van der Waals surface area contributed by atoms with Crippen molar-refractivity contribution in [3.8, 4) is 5.75 Å². The summed E-state index contributed by atoms with van der Waals surface area (Å²) in [5, 5.41) is 0. The highest BCUT2D eigenvalue weighted by Gasteiger charge is 2.31. The Morgan fingerprint density at radius 2 is 2.00 bits per heavy atom. The summed E-state index contributed by atoms with van der Waals surface area (Å²) in [5.74, 6) is 1.32. The monoisotopic (exact) mass is 264 g/mol. The third-order valence-corrected chi connectivity index (χ3v) is 3.11. The zero-order chi connectivity index (χ0) is 13.1. The summed E-state index contributed by atoms with van der Waals surface area (Å²) >= 11 is 4.13.